The Balaban J connectivity index is 1.67. The minimum Gasteiger partial charge on any atom is -0.458 e. The van der Waals surface area contributed by atoms with E-state index in [0.717, 1.165) is 5.01 Å². The molecule has 3 fully saturated rings. The van der Waals surface area contributed by atoms with Crippen LogP contribution in [0.2, 0.25) is 0 Å². The van der Waals surface area contributed by atoms with Crippen LogP contribution in [0.25, 0.3) is 6.08 Å². The second-order valence-electron chi connectivity index (χ2n) is 12.2. The van der Waals surface area contributed by atoms with Gasteiger partial charge in [-0.3, -0.25) is 9.59 Å². The van der Waals surface area contributed by atoms with Crippen molar-refractivity contribution < 1.29 is 42.4 Å². The minimum absolute atomic E-state index is 0.177. The van der Waals surface area contributed by atoms with E-state index >= 15 is 0 Å². The molecule has 0 aromatic carbocycles. The van der Waals surface area contributed by atoms with Crippen molar-refractivity contribution in [3.8, 4) is 0 Å². The number of halogens is 3. The molecule has 2 saturated heterocycles. The molecule has 0 amide bonds. The Morgan fingerprint density at radius 3 is 2.46 bits per heavy atom. The van der Waals surface area contributed by atoms with E-state index in [2.05, 4.69) is 4.98 Å². The maximum atomic E-state index is 14.3. The van der Waals surface area contributed by atoms with Crippen molar-refractivity contribution in [3.05, 3.63) is 21.7 Å². The Labute approximate surface area is 230 Å². The highest BCUT2D eigenvalue weighted by atomic mass is 32.1. The molecule has 7 nitrogen and oxygen atoms in total. The number of aromatic nitrogens is 1. The summed E-state index contributed by atoms with van der Waals surface area (Å²) in [4.78, 5) is 30.6. The lowest BCUT2D eigenvalue weighted by atomic mass is 9.72. The maximum absolute atomic E-state index is 14.3. The number of alkyl halides is 3. The number of hydrogen-bond donors (Lipinski definition) is 2. The molecular formula is C28H38F3NO6S. The van der Waals surface area contributed by atoms with Crippen LogP contribution in [0.1, 0.15) is 71.0 Å². The normalized spacial score (nSPS) is 39.9. The van der Waals surface area contributed by atoms with Gasteiger partial charge in [-0.1, -0.05) is 27.7 Å². The lowest BCUT2D eigenvalue weighted by Crippen LogP contribution is -2.46. The van der Waals surface area contributed by atoms with Gasteiger partial charge < -0.3 is 19.7 Å². The molecule has 0 spiro atoms. The molecule has 1 aromatic rings. The van der Waals surface area contributed by atoms with Crippen LogP contribution in [0.5, 0.6) is 0 Å². The SMILES string of the molecule is C/C(=C\c1csc(C)n1)[C@@H]1CC2OC2(C(F)(F)F)CC2CC2[C@H](C)[C@H](O)[C@@H](C)C(=O)C(C)(C)[C@@H](O)CC(=O)O1. The van der Waals surface area contributed by atoms with Crippen LogP contribution < -0.4 is 0 Å². The highest BCUT2D eigenvalue weighted by Gasteiger charge is 2.74. The molecule has 1 aromatic heterocycles. The smallest absolute Gasteiger partial charge is 0.420 e. The van der Waals surface area contributed by atoms with Crippen LogP contribution in [0, 0.1) is 36.0 Å². The van der Waals surface area contributed by atoms with Crippen LogP contribution in [0.3, 0.4) is 0 Å². The first-order valence-corrected chi connectivity index (χ1v) is 14.3. The van der Waals surface area contributed by atoms with E-state index in [4.69, 9.17) is 9.47 Å². The van der Waals surface area contributed by atoms with Crippen LogP contribution in [-0.2, 0) is 19.1 Å². The second kappa shape index (κ2) is 10.5. The van der Waals surface area contributed by atoms with Crippen molar-refractivity contribution >= 4 is 29.2 Å². The van der Waals surface area contributed by atoms with Crippen molar-refractivity contribution in [2.24, 2.45) is 29.1 Å². The van der Waals surface area contributed by atoms with E-state index in [1.807, 2.05) is 6.92 Å². The number of ether oxygens (including phenoxy) is 2. The summed E-state index contributed by atoms with van der Waals surface area (Å²) < 4.78 is 54.1. The van der Waals surface area contributed by atoms with E-state index < -0.39 is 71.6 Å². The van der Waals surface area contributed by atoms with Gasteiger partial charge in [-0.2, -0.15) is 13.2 Å². The molecular weight excluding hydrogens is 535 g/mol. The number of epoxide rings is 1. The molecule has 39 heavy (non-hydrogen) atoms. The molecule has 1 aliphatic carbocycles. The molecule has 218 valence electrons. The number of ketones is 1. The van der Waals surface area contributed by atoms with E-state index in [-0.39, 0.29) is 24.7 Å². The fourth-order valence-electron chi connectivity index (χ4n) is 6.07. The second-order valence-corrected chi connectivity index (χ2v) is 13.3. The van der Waals surface area contributed by atoms with Gasteiger partial charge in [0.05, 0.1) is 34.7 Å². The third-order valence-electron chi connectivity index (χ3n) is 9.03. The zero-order valence-corrected chi connectivity index (χ0v) is 23.9. The molecule has 3 aliphatic rings. The molecule has 0 radical (unpaired) electrons. The Kier molecular flexibility index (Phi) is 8.15. The van der Waals surface area contributed by atoms with Crippen molar-refractivity contribution in [3.63, 3.8) is 0 Å². The number of carbonyl (C=O) groups excluding carboxylic acids is 2. The first kappa shape index (κ1) is 30.1. The van der Waals surface area contributed by atoms with E-state index in [1.54, 1.807) is 32.2 Å². The number of aliphatic hydroxyl groups is 2. The molecule has 2 aliphatic heterocycles. The Morgan fingerprint density at radius 2 is 1.87 bits per heavy atom. The number of Topliss-reactive ketones (excluding diaryl/α,β-unsaturated/α-hetero) is 1. The number of nitrogens with zero attached hydrogens (tertiary/aromatic N) is 1. The maximum Gasteiger partial charge on any atom is 0.420 e. The summed E-state index contributed by atoms with van der Waals surface area (Å²) in [7, 11) is 0. The quantitative estimate of drug-likeness (QED) is 0.384. The van der Waals surface area contributed by atoms with Crippen molar-refractivity contribution in [2.75, 3.05) is 0 Å². The van der Waals surface area contributed by atoms with Gasteiger partial charge in [0.25, 0.3) is 0 Å². The lowest BCUT2D eigenvalue weighted by Gasteiger charge is -2.34. The lowest BCUT2D eigenvalue weighted by molar-refractivity contribution is -0.187. The summed E-state index contributed by atoms with van der Waals surface area (Å²) in [6.45, 7) is 9.83. The number of carbonyl (C=O) groups is 2. The van der Waals surface area contributed by atoms with Gasteiger partial charge in [0, 0.05) is 17.7 Å². The van der Waals surface area contributed by atoms with Gasteiger partial charge in [-0.15, -0.1) is 11.3 Å². The zero-order valence-electron chi connectivity index (χ0n) is 23.1. The highest BCUT2D eigenvalue weighted by Crippen LogP contribution is 2.61. The average molecular weight is 574 g/mol. The van der Waals surface area contributed by atoms with Gasteiger partial charge in [0.1, 0.15) is 18.0 Å². The molecule has 4 unspecified atom stereocenters. The summed E-state index contributed by atoms with van der Waals surface area (Å²) in [5, 5.41) is 24.5. The Hall–Kier alpha value is -1.82. The fraction of sp³-hybridized carbons (Fsp3) is 0.750. The van der Waals surface area contributed by atoms with Crippen molar-refractivity contribution in [1.82, 2.24) is 4.98 Å². The van der Waals surface area contributed by atoms with E-state index in [0.29, 0.717) is 17.7 Å². The first-order valence-electron chi connectivity index (χ1n) is 13.4. The van der Waals surface area contributed by atoms with Crippen LogP contribution in [-0.4, -0.2) is 63.1 Å². The summed E-state index contributed by atoms with van der Waals surface area (Å²) >= 11 is 1.42. The topological polar surface area (TPSA) is 109 Å². The van der Waals surface area contributed by atoms with E-state index in [9.17, 15) is 33.0 Å². The number of thiazole rings is 1. The van der Waals surface area contributed by atoms with Crippen molar-refractivity contribution in [2.45, 2.75) is 103 Å². The molecule has 11 heteroatoms. The Morgan fingerprint density at radius 1 is 1.21 bits per heavy atom. The van der Waals surface area contributed by atoms with Gasteiger partial charge in [0.15, 0.2) is 5.60 Å². The van der Waals surface area contributed by atoms with Crippen LogP contribution >= 0.6 is 11.3 Å². The minimum atomic E-state index is -4.63. The third kappa shape index (κ3) is 5.96. The first-order chi connectivity index (χ1) is 18.0. The average Bonchev–Trinajstić information content (AvgIpc) is 3.72. The van der Waals surface area contributed by atoms with Gasteiger partial charge in [0.2, 0.25) is 0 Å². The van der Waals surface area contributed by atoms with Crippen molar-refractivity contribution in [1.29, 1.82) is 0 Å². The Bertz CT molecular complexity index is 1130. The molecule has 2 N–H and O–H groups in total. The monoisotopic (exact) mass is 573 g/mol. The number of aryl methyl sites for hydroxylation is 1. The van der Waals surface area contributed by atoms with E-state index in [1.165, 1.54) is 25.2 Å². The molecule has 3 heterocycles. The fourth-order valence-corrected chi connectivity index (χ4v) is 6.64. The number of rotatable bonds is 2. The van der Waals surface area contributed by atoms with Gasteiger partial charge >= 0.3 is 12.1 Å². The van der Waals surface area contributed by atoms with Gasteiger partial charge in [-0.05, 0) is 56.1 Å². The standard InChI is InChI=1S/C28H38F3NO6S/c1-13(7-18-12-39-16(4)32-18)20-9-22-27(38-22,28(29,30)31)11-17-8-19(17)14(2)24(35)15(3)25(36)26(5,6)21(33)10-23(34)37-20/h7,12,14-15,17,19-22,24,33,35H,8-11H2,1-6H3/b13-7+/t14-,15+,17?,19?,20-,21-,22?,24-,27?/m0/s1. The summed E-state index contributed by atoms with van der Waals surface area (Å²) in [6.07, 6.45) is -8.19. The summed E-state index contributed by atoms with van der Waals surface area (Å²) in [5.41, 5.74) is -2.60. The summed E-state index contributed by atoms with van der Waals surface area (Å²) in [5.74, 6) is -3.05. The largest absolute Gasteiger partial charge is 0.458 e. The summed E-state index contributed by atoms with van der Waals surface area (Å²) in [6, 6.07) is 0. The van der Waals surface area contributed by atoms with Crippen LogP contribution in [0.4, 0.5) is 13.2 Å². The number of hydrogen-bond acceptors (Lipinski definition) is 8. The number of fused-ring (bicyclic) bond motifs is 2. The third-order valence-corrected chi connectivity index (χ3v) is 9.82. The number of esters is 1. The zero-order chi connectivity index (χ0) is 29.1. The molecule has 1 saturated carbocycles. The number of cyclic esters (lactones) is 1. The number of aliphatic hydroxyl groups excluding tert-OH is 2. The highest BCUT2D eigenvalue weighted by molar-refractivity contribution is 7.09. The predicted molar refractivity (Wildman–Crippen MR) is 139 cm³/mol. The van der Waals surface area contributed by atoms with Gasteiger partial charge in [-0.25, -0.2) is 4.98 Å². The van der Waals surface area contributed by atoms with Crippen LogP contribution in [0.15, 0.2) is 11.0 Å². The molecule has 9 atom stereocenters. The molecule has 0 bridgehead atoms. The molecule has 4 rings (SSSR count). The predicted octanol–water partition coefficient (Wildman–Crippen LogP) is 4.88.